The Labute approximate surface area is 328 Å². The molecule has 5 heterocycles. The molecule has 0 spiro atoms. The van der Waals surface area contributed by atoms with Crippen LogP contribution in [0, 0.1) is 0 Å². The molecule has 6 aromatic carbocycles. The fraction of sp³-hybridized carbons (Fsp3) is 0.0192. The number of pyridine rings is 3. The van der Waals surface area contributed by atoms with Crippen molar-refractivity contribution in [2.75, 3.05) is 0 Å². The van der Waals surface area contributed by atoms with E-state index in [4.69, 9.17) is 9.97 Å². The molecule has 0 N–H and O–H groups in total. The summed E-state index contributed by atoms with van der Waals surface area (Å²) in [6, 6.07) is 61.0. The van der Waals surface area contributed by atoms with E-state index < -0.39 is 0 Å². The first-order valence-corrected chi connectivity index (χ1v) is 19.4. The highest BCUT2D eigenvalue weighted by Gasteiger charge is 2.23. The van der Waals surface area contributed by atoms with Crippen LogP contribution in [0.3, 0.4) is 0 Å². The van der Waals surface area contributed by atoms with Crippen LogP contribution in [-0.2, 0) is 6.42 Å². The van der Waals surface area contributed by atoms with Gasteiger partial charge in [-0.25, -0.2) is 0 Å². The zero-order chi connectivity index (χ0) is 37.5. The lowest BCUT2D eigenvalue weighted by Crippen LogP contribution is -1.95. The molecule has 0 amide bonds. The van der Waals surface area contributed by atoms with Crippen LogP contribution >= 0.6 is 0 Å². The Hall–Kier alpha value is -7.63. The second-order valence-corrected chi connectivity index (χ2v) is 14.9. The molecule has 266 valence electrons. The van der Waals surface area contributed by atoms with E-state index in [1.165, 1.54) is 33.4 Å². The van der Waals surface area contributed by atoms with Gasteiger partial charge >= 0.3 is 0 Å². The standard InChI is InChI=1S/C52H33N5/c1-2-10-38(11-3-1)56-47-23-20-34(30-44(47)51-49(56)15-8-26-54-51)33-17-18-35-28-36-19-22-39(32-43(36)42(35)29-33)57-48-24-21-37(31-45(48)52-50(57)16-9-27-55-52)40-12-4-5-13-41(40)46-14-6-7-25-53-46/h1-27,29-32H,28H2. The first-order valence-electron chi connectivity index (χ1n) is 19.4. The van der Waals surface area contributed by atoms with Crippen molar-refractivity contribution in [1.82, 2.24) is 24.1 Å². The summed E-state index contributed by atoms with van der Waals surface area (Å²) < 4.78 is 4.69. The minimum Gasteiger partial charge on any atom is -0.308 e. The van der Waals surface area contributed by atoms with E-state index in [1.54, 1.807) is 0 Å². The summed E-state index contributed by atoms with van der Waals surface area (Å²) >= 11 is 0. The van der Waals surface area contributed by atoms with Gasteiger partial charge in [0.25, 0.3) is 0 Å². The second-order valence-electron chi connectivity index (χ2n) is 14.9. The Kier molecular flexibility index (Phi) is 6.92. The van der Waals surface area contributed by atoms with E-state index in [2.05, 4.69) is 160 Å². The molecule has 11 aromatic rings. The Morgan fingerprint density at radius 3 is 1.67 bits per heavy atom. The average Bonchev–Trinajstić information content (AvgIpc) is 3.93. The van der Waals surface area contributed by atoms with E-state index >= 15 is 0 Å². The van der Waals surface area contributed by atoms with Gasteiger partial charge < -0.3 is 9.13 Å². The third-order valence-corrected chi connectivity index (χ3v) is 11.7. The van der Waals surface area contributed by atoms with Crippen LogP contribution in [0.2, 0.25) is 0 Å². The van der Waals surface area contributed by atoms with E-state index in [0.29, 0.717) is 0 Å². The molecule has 5 heteroatoms. The van der Waals surface area contributed by atoms with Gasteiger partial charge in [-0.15, -0.1) is 0 Å². The van der Waals surface area contributed by atoms with E-state index in [0.717, 1.165) is 84.1 Å². The number of nitrogens with zero attached hydrogens (tertiary/aromatic N) is 5. The number of benzene rings is 6. The monoisotopic (exact) mass is 727 g/mol. The van der Waals surface area contributed by atoms with Crippen LogP contribution in [0.25, 0.3) is 99.9 Å². The molecule has 5 nitrogen and oxygen atoms in total. The van der Waals surface area contributed by atoms with E-state index in [1.807, 2.05) is 42.9 Å². The van der Waals surface area contributed by atoms with Gasteiger partial charge in [0.2, 0.25) is 0 Å². The summed E-state index contributed by atoms with van der Waals surface area (Å²) in [5.41, 5.74) is 20.8. The van der Waals surface area contributed by atoms with Crippen LogP contribution < -0.4 is 0 Å². The van der Waals surface area contributed by atoms with Gasteiger partial charge in [0, 0.05) is 46.3 Å². The topological polar surface area (TPSA) is 48.5 Å². The van der Waals surface area contributed by atoms with Crippen molar-refractivity contribution in [1.29, 1.82) is 0 Å². The third-order valence-electron chi connectivity index (χ3n) is 11.7. The summed E-state index contributed by atoms with van der Waals surface area (Å²) in [5.74, 6) is 0. The number of aromatic nitrogens is 5. The molecule has 1 aliphatic rings. The molecule has 5 aromatic heterocycles. The van der Waals surface area contributed by atoms with Gasteiger partial charge in [-0.3, -0.25) is 15.0 Å². The molecule has 0 unspecified atom stereocenters. The summed E-state index contributed by atoms with van der Waals surface area (Å²) in [4.78, 5) is 14.5. The first kappa shape index (κ1) is 31.7. The lowest BCUT2D eigenvalue weighted by Gasteiger charge is -2.12. The van der Waals surface area contributed by atoms with Crippen LogP contribution in [-0.4, -0.2) is 24.1 Å². The number of hydrogen-bond acceptors (Lipinski definition) is 3. The van der Waals surface area contributed by atoms with Crippen molar-refractivity contribution in [3.63, 3.8) is 0 Å². The molecule has 0 bridgehead atoms. The van der Waals surface area contributed by atoms with Crippen LogP contribution in [0.5, 0.6) is 0 Å². The molecule has 0 saturated carbocycles. The maximum Gasteiger partial charge on any atom is 0.0963 e. The zero-order valence-electron chi connectivity index (χ0n) is 30.8. The quantitative estimate of drug-likeness (QED) is 0.177. The summed E-state index contributed by atoms with van der Waals surface area (Å²) in [6.07, 6.45) is 6.56. The average molecular weight is 728 g/mol. The number of para-hydroxylation sites is 1. The number of hydrogen-bond donors (Lipinski definition) is 0. The number of fused-ring (bicyclic) bond motifs is 9. The van der Waals surface area contributed by atoms with E-state index in [9.17, 15) is 0 Å². The van der Waals surface area contributed by atoms with Gasteiger partial charge in [-0.2, -0.15) is 0 Å². The fourth-order valence-corrected chi connectivity index (χ4v) is 9.11. The Morgan fingerprint density at radius 2 is 0.930 bits per heavy atom. The smallest absolute Gasteiger partial charge is 0.0963 e. The number of rotatable bonds is 5. The molecular weight excluding hydrogens is 695 g/mol. The molecule has 0 aliphatic heterocycles. The maximum absolute atomic E-state index is 4.94. The van der Waals surface area contributed by atoms with Crippen molar-refractivity contribution in [2.24, 2.45) is 0 Å². The van der Waals surface area contributed by atoms with Crippen LogP contribution in [0.15, 0.2) is 188 Å². The van der Waals surface area contributed by atoms with Crippen molar-refractivity contribution in [3.05, 3.63) is 200 Å². The molecule has 1 aliphatic carbocycles. The molecular formula is C52H33N5. The predicted molar refractivity (Wildman–Crippen MR) is 233 cm³/mol. The minimum atomic E-state index is 0.923. The SMILES string of the molecule is c1ccc(-n2c3ccc(-c4ccc5c(c4)-c4cc(-n6c7ccc(-c8ccccc8-c8ccccn8)cc7c7ncccc76)ccc4C5)cc3c3ncccc32)cc1. The molecule has 12 rings (SSSR count). The van der Waals surface area contributed by atoms with Gasteiger partial charge in [0.1, 0.15) is 0 Å². The largest absolute Gasteiger partial charge is 0.308 e. The Balaban J connectivity index is 0.970. The van der Waals surface area contributed by atoms with Gasteiger partial charge in [0.15, 0.2) is 0 Å². The minimum absolute atomic E-state index is 0.923. The highest BCUT2D eigenvalue weighted by atomic mass is 15.0. The van der Waals surface area contributed by atoms with Crippen molar-refractivity contribution >= 4 is 43.9 Å². The van der Waals surface area contributed by atoms with Crippen molar-refractivity contribution < 1.29 is 0 Å². The van der Waals surface area contributed by atoms with Crippen molar-refractivity contribution in [2.45, 2.75) is 6.42 Å². The van der Waals surface area contributed by atoms with Crippen molar-refractivity contribution in [3.8, 4) is 56.0 Å². The molecule has 0 atom stereocenters. The lowest BCUT2D eigenvalue weighted by molar-refractivity contribution is 1.17. The van der Waals surface area contributed by atoms with Gasteiger partial charge in [-0.05, 0) is 142 Å². The van der Waals surface area contributed by atoms with Crippen LogP contribution in [0.1, 0.15) is 11.1 Å². The lowest BCUT2D eigenvalue weighted by atomic mass is 9.96. The highest BCUT2D eigenvalue weighted by Crippen LogP contribution is 2.43. The molecule has 57 heavy (non-hydrogen) atoms. The van der Waals surface area contributed by atoms with Gasteiger partial charge in [0.05, 0.1) is 38.8 Å². The third kappa shape index (κ3) is 4.92. The van der Waals surface area contributed by atoms with Crippen LogP contribution in [0.4, 0.5) is 0 Å². The summed E-state index contributed by atoms with van der Waals surface area (Å²) in [6.45, 7) is 0. The molecule has 0 saturated heterocycles. The second kappa shape index (κ2) is 12.4. The summed E-state index contributed by atoms with van der Waals surface area (Å²) in [5, 5.41) is 2.28. The summed E-state index contributed by atoms with van der Waals surface area (Å²) in [7, 11) is 0. The maximum atomic E-state index is 4.94. The Morgan fingerprint density at radius 1 is 0.351 bits per heavy atom. The predicted octanol–water partition coefficient (Wildman–Crippen LogP) is 12.6. The van der Waals surface area contributed by atoms with Gasteiger partial charge in [-0.1, -0.05) is 78.9 Å². The fourth-order valence-electron chi connectivity index (χ4n) is 9.11. The molecule has 0 radical (unpaired) electrons. The first-order chi connectivity index (χ1) is 28.3. The Bertz CT molecular complexity index is 3380. The van der Waals surface area contributed by atoms with E-state index in [-0.39, 0.29) is 0 Å². The normalized spacial score (nSPS) is 12.1. The molecule has 0 fully saturated rings. The zero-order valence-corrected chi connectivity index (χ0v) is 30.8. The highest BCUT2D eigenvalue weighted by molar-refractivity contribution is 6.10.